The van der Waals surface area contributed by atoms with Gasteiger partial charge in [0.1, 0.15) is 11.5 Å². The van der Waals surface area contributed by atoms with Crippen molar-refractivity contribution in [1.29, 1.82) is 0 Å². The van der Waals surface area contributed by atoms with Gasteiger partial charge in [0, 0.05) is 0 Å². The lowest BCUT2D eigenvalue weighted by Gasteiger charge is -2.31. The number of ether oxygens (including phenoxy) is 2. The van der Waals surface area contributed by atoms with E-state index in [1.807, 2.05) is 0 Å². The van der Waals surface area contributed by atoms with Crippen LogP contribution >= 0.6 is 0 Å². The molecule has 2 heteroatoms. The van der Waals surface area contributed by atoms with E-state index in [4.69, 9.17) is 9.47 Å². The van der Waals surface area contributed by atoms with Crippen molar-refractivity contribution >= 4 is 0 Å². The number of benzene rings is 1. The fourth-order valence-electron chi connectivity index (χ4n) is 5.39. The maximum atomic E-state index is 6.03. The van der Waals surface area contributed by atoms with Crippen LogP contribution in [-0.4, -0.2) is 13.2 Å². The molecular formula is C27H44O2. The van der Waals surface area contributed by atoms with Gasteiger partial charge in [-0.15, -0.1) is 0 Å². The fourth-order valence-corrected chi connectivity index (χ4v) is 5.39. The van der Waals surface area contributed by atoms with Crippen LogP contribution in [0.2, 0.25) is 0 Å². The maximum absolute atomic E-state index is 6.03. The summed E-state index contributed by atoms with van der Waals surface area (Å²) in [5.41, 5.74) is 0. The molecule has 3 rings (SSSR count). The molecule has 0 spiro atoms. The average molecular weight is 401 g/mol. The molecule has 2 atom stereocenters. The summed E-state index contributed by atoms with van der Waals surface area (Å²) in [6.45, 7) is 6.40. The Bertz CT molecular complexity index is 544. The Morgan fingerprint density at radius 2 is 1.34 bits per heavy atom. The summed E-state index contributed by atoms with van der Waals surface area (Å²) >= 11 is 0. The number of hydrogen-bond acceptors (Lipinski definition) is 2. The Morgan fingerprint density at radius 3 is 1.97 bits per heavy atom. The zero-order chi connectivity index (χ0) is 20.3. The van der Waals surface area contributed by atoms with Crippen LogP contribution in [0.3, 0.4) is 0 Å². The van der Waals surface area contributed by atoms with Gasteiger partial charge in [-0.1, -0.05) is 71.6 Å². The normalized spacial score (nSPS) is 27.5. The third-order valence-electron chi connectivity index (χ3n) is 7.43. The molecule has 0 saturated heterocycles. The van der Waals surface area contributed by atoms with Crippen molar-refractivity contribution < 1.29 is 9.47 Å². The summed E-state index contributed by atoms with van der Waals surface area (Å²) in [5.74, 6) is 5.53. The highest BCUT2D eigenvalue weighted by molar-refractivity contribution is 5.31. The summed E-state index contributed by atoms with van der Waals surface area (Å²) in [6, 6.07) is 8.29. The van der Waals surface area contributed by atoms with Crippen LogP contribution < -0.4 is 9.47 Å². The minimum Gasteiger partial charge on any atom is -0.494 e. The summed E-state index contributed by atoms with van der Waals surface area (Å²) in [5, 5.41) is 0. The summed E-state index contributed by atoms with van der Waals surface area (Å²) in [7, 11) is 0. The van der Waals surface area contributed by atoms with E-state index in [1.54, 1.807) is 0 Å². The minimum atomic E-state index is 0.739. The quantitative estimate of drug-likeness (QED) is 0.350. The van der Waals surface area contributed by atoms with E-state index in [1.165, 1.54) is 83.5 Å². The highest BCUT2D eigenvalue weighted by Crippen LogP contribution is 2.36. The Kier molecular flexibility index (Phi) is 9.70. The third-order valence-corrected chi connectivity index (χ3v) is 7.43. The van der Waals surface area contributed by atoms with Crippen molar-refractivity contribution in [2.45, 2.75) is 97.3 Å². The van der Waals surface area contributed by atoms with Crippen LogP contribution in [0.4, 0.5) is 0 Å². The molecule has 2 unspecified atom stereocenters. The number of unbranched alkanes of at least 4 members (excludes halogenated alkanes) is 1. The zero-order valence-electron chi connectivity index (χ0n) is 19.0. The van der Waals surface area contributed by atoms with Gasteiger partial charge < -0.3 is 9.47 Å². The molecule has 0 bridgehead atoms. The van der Waals surface area contributed by atoms with E-state index in [9.17, 15) is 0 Å². The summed E-state index contributed by atoms with van der Waals surface area (Å²) < 4.78 is 12.0. The van der Waals surface area contributed by atoms with Gasteiger partial charge in [0.15, 0.2) is 0 Å². The van der Waals surface area contributed by atoms with Crippen molar-refractivity contribution in [3.05, 3.63) is 24.3 Å². The fraction of sp³-hybridized carbons (Fsp3) is 0.778. The second-order valence-electron chi connectivity index (χ2n) is 9.85. The first-order valence-corrected chi connectivity index (χ1v) is 12.6. The molecular weight excluding hydrogens is 356 g/mol. The minimum absolute atomic E-state index is 0.739. The van der Waals surface area contributed by atoms with Gasteiger partial charge in [-0.25, -0.2) is 0 Å². The molecule has 29 heavy (non-hydrogen) atoms. The van der Waals surface area contributed by atoms with E-state index in [0.717, 1.165) is 48.4 Å². The SMILES string of the molecule is CCCCC1CCCCC1CCCOc1ccc(OCC2CCC(C)CC2)cc1. The van der Waals surface area contributed by atoms with Crippen LogP contribution in [0, 0.1) is 23.7 Å². The predicted molar refractivity (Wildman–Crippen MR) is 123 cm³/mol. The molecule has 2 aliphatic rings. The zero-order valence-corrected chi connectivity index (χ0v) is 19.0. The Balaban J connectivity index is 1.31. The smallest absolute Gasteiger partial charge is 0.119 e. The van der Waals surface area contributed by atoms with Crippen molar-refractivity contribution in [3.8, 4) is 11.5 Å². The average Bonchev–Trinajstić information content (AvgIpc) is 2.76. The molecule has 164 valence electrons. The topological polar surface area (TPSA) is 18.5 Å². The molecule has 2 fully saturated rings. The number of hydrogen-bond donors (Lipinski definition) is 0. The largest absolute Gasteiger partial charge is 0.494 e. The van der Waals surface area contributed by atoms with Gasteiger partial charge in [0.25, 0.3) is 0 Å². The molecule has 1 aromatic rings. The molecule has 0 N–H and O–H groups in total. The molecule has 0 heterocycles. The van der Waals surface area contributed by atoms with Crippen LogP contribution in [-0.2, 0) is 0 Å². The Hall–Kier alpha value is -1.18. The van der Waals surface area contributed by atoms with Crippen molar-refractivity contribution in [2.75, 3.05) is 13.2 Å². The van der Waals surface area contributed by atoms with E-state index >= 15 is 0 Å². The van der Waals surface area contributed by atoms with Gasteiger partial charge in [-0.2, -0.15) is 0 Å². The highest BCUT2D eigenvalue weighted by Gasteiger charge is 2.24. The first-order chi connectivity index (χ1) is 14.2. The van der Waals surface area contributed by atoms with Crippen LogP contribution in [0.5, 0.6) is 11.5 Å². The standard InChI is InChI=1S/C27H44O2/c1-3-4-8-24-9-5-6-10-25(24)11-7-20-28-26-16-18-27(19-17-26)29-21-23-14-12-22(2)13-15-23/h16-19,22-25H,3-15,20-21H2,1-2H3. The molecule has 1 aromatic carbocycles. The van der Waals surface area contributed by atoms with Crippen LogP contribution in [0.25, 0.3) is 0 Å². The second-order valence-corrected chi connectivity index (χ2v) is 9.85. The Morgan fingerprint density at radius 1 is 0.759 bits per heavy atom. The van der Waals surface area contributed by atoms with Crippen LogP contribution in [0.15, 0.2) is 24.3 Å². The van der Waals surface area contributed by atoms with Crippen molar-refractivity contribution in [1.82, 2.24) is 0 Å². The summed E-state index contributed by atoms with van der Waals surface area (Å²) in [6.07, 6.45) is 17.9. The van der Waals surface area contributed by atoms with E-state index in [-0.39, 0.29) is 0 Å². The second kappa shape index (κ2) is 12.5. The van der Waals surface area contributed by atoms with E-state index in [2.05, 4.69) is 38.1 Å². The molecule has 0 aromatic heterocycles. The van der Waals surface area contributed by atoms with Gasteiger partial charge in [-0.05, 0) is 73.6 Å². The lowest BCUT2D eigenvalue weighted by Crippen LogP contribution is -2.20. The van der Waals surface area contributed by atoms with Gasteiger partial charge in [0.05, 0.1) is 13.2 Å². The van der Waals surface area contributed by atoms with Crippen molar-refractivity contribution in [2.24, 2.45) is 23.7 Å². The molecule has 0 radical (unpaired) electrons. The van der Waals surface area contributed by atoms with E-state index < -0.39 is 0 Å². The monoisotopic (exact) mass is 400 g/mol. The lowest BCUT2D eigenvalue weighted by atomic mass is 9.75. The van der Waals surface area contributed by atoms with Crippen LogP contribution in [0.1, 0.15) is 97.3 Å². The molecule has 2 nitrogen and oxygen atoms in total. The molecule has 0 aliphatic heterocycles. The predicted octanol–water partition coefficient (Wildman–Crippen LogP) is 8.05. The van der Waals surface area contributed by atoms with Gasteiger partial charge in [0.2, 0.25) is 0 Å². The van der Waals surface area contributed by atoms with Crippen molar-refractivity contribution in [3.63, 3.8) is 0 Å². The Labute approximate surface area is 179 Å². The maximum Gasteiger partial charge on any atom is 0.119 e. The molecule has 2 saturated carbocycles. The van der Waals surface area contributed by atoms with Gasteiger partial charge in [-0.3, -0.25) is 0 Å². The first-order valence-electron chi connectivity index (χ1n) is 12.6. The number of rotatable bonds is 11. The first kappa shape index (κ1) is 22.5. The summed E-state index contributed by atoms with van der Waals surface area (Å²) in [4.78, 5) is 0. The van der Waals surface area contributed by atoms with E-state index in [0.29, 0.717) is 0 Å². The third kappa shape index (κ3) is 7.87. The lowest BCUT2D eigenvalue weighted by molar-refractivity contribution is 0.187. The highest BCUT2D eigenvalue weighted by atomic mass is 16.5. The molecule has 2 aliphatic carbocycles. The molecule has 0 amide bonds. The van der Waals surface area contributed by atoms with Gasteiger partial charge >= 0.3 is 0 Å².